The zero-order chi connectivity index (χ0) is 18.5. The third kappa shape index (κ3) is 3.31. The second-order valence-corrected chi connectivity index (χ2v) is 5.44. The van der Waals surface area contributed by atoms with E-state index in [1.807, 2.05) is 24.3 Å². The molecule has 0 fully saturated rings. The van der Waals surface area contributed by atoms with Crippen LogP contribution in [-0.4, -0.2) is 55.0 Å². The van der Waals surface area contributed by atoms with Crippen molar-refractivity contribution < 1.29 is 19.0 Å². The van der Waals surface area contributed by atoms with E-state index in [4.69, 9.17) is 14.2 Å². The molecule has 2 heterocycles. The molecule has 0 spiro atoms. The summed E-state index contributed by atoms with van der Waals surface area (Å²) in [5.41, 5.74) is 2.53. The van der Waals surface area contributed by atoms with Gasteiger partial charge in [-0.25, -0.2) is 9.50 Å². The van der Waals surface area contributed by atoms with Crippen molar-refractivity contribution in [3.8, 4) is 22.8 Å². The van der Waals surface area contributed by atoms with Gasteiger partial charge in [-0.3, -0.25) is 4.79 Å². The molecule has 1 N–H and O–H groups in total. The quantitative estimate of drug-likeness (QED) is 0.650. The molecule has 26 heavy (non-hydrogen) atoms. The van der Waals surface area contributed by atoms with Crippen molar-refractivity contribution >= 4 is 11.6 Å². The summed E-state index contributed by atoms with van der Waals surface area (Å²) in [6, 6.07) is 7.40. The van der Waals surface area contributed by atoms with Crippen LogP contribution in [-0.2, 0) is 4.74 Å². The van der Waals surface area contributed by atoms with E-state index in [-0.39, 0.29) is 5.91 Å². The Morgan fingerprint density at radius 3 is 2.69 bits per heavy atom. The second kappa shape index (κ2) is 7.83. The van der Waals surface area contributed by atoms with Crippen LogP contribution in [0.1, 0.15) is 10.4 Å². The lowest BCUT2D eigenvalue weighted by Gasteiger charge is -2.10. The summed E-state index contributed by atoms with van der Waals surface area (Å²) < 4.78 is 17.2. The number of rotatable bonds is 7. The average molecular weight is 356 g/mol. The summed E-state index contributed by atoms with van der Waals surface area (Å²) in [5, 5.41) is 7.11. The highest BCUT2D eigenvalue weighted by Gasteiger charge is 2.16. The van der Waals surface area contributed by atoms with Crippen LogP contribution in [0.4, 0.5) is 0 Å². The van der Waals surface area contributed by atoms with Gasteiger partial charge >= 0.3 is 0 Å². The number of hydrogen-bond donors (Lipinski definition) is 1. The van der Waals surface area contributed by atoms with Gasteiger partial charge in [0.05, 0.1) is 32.7 Å². The first-order valence-corrected chi connectivity index (χ1v) is 8.02. The molecular weight excluding hydrogens is 336 g/mol. The summed E-state index contributed by atoms with van der Waals surface area (Å²) in [6.45, 7) is 0.858. The maximum atomic E-state index is 12.3. The molecule has 8 heteroatoms. The van der Waals surface area contributed by atoms with E-state index in [0.29, 0.717) is 35.9 Å². The molecule has 136 valence electrons. The van der Waals surface area contributed by atoms with Crippen molar-refractivity contribution in [1.82, 2.24) is 19.9 Å². The number of carbonyl (C=O) groups excluding carboxylic acids is 1. The summed E-state index contributed by atoms with van der Waals surface area (Å²) in [7, 11) is 4.75. The highest BCUT2D eigenvalue weighted by atomic mass is 16.5. The summed E-state index contributed by atoms with van der Waals surface area (Å²) in [5.74, 6) is 1.01. The second-order valence-electron chi connectivity index (χ2n) is 5.44. The van der Waals surface area contributed by atoms with Gasteiger partial charge in [-0.05, 0) is 24.3 Å². The lowest BCUT2D eigenvalue weighted by molar-refractivity contribution is 0.0938. The number of aromatic nitrogens is 3. The fourth-order valence-corrected chi connectivity index (χ4v) is 2.63. The summed E-state index contributed by atoms with van der Waals surface area (Å²) in [4.78, 5) is 16.6. The molecule has 1 amide bonds. The van der Waals surface area contributed by atoms with Gasteiger partial charge < -0.3 is 19.5 Å². The predicted octanol–water partition coefficient (Wildman–Crippen LogP) is 1.79. The van der Waals surface area contributed by atoms with Crippen molar-refractivity contribution in [3.05, 3.63) is 42.2 Å². The van der Waals surface area contributed by atoms with Crippen molar-refractivity contribution in [2.24, 2.45) is 0 Å². The van der Waals surface area contributed by atoms with Crippen LogP contribution in [0.15, 0.2) is 36.7 Å². The molecule has 0 aliphatic heterocycles. The summed E-state index contributed by atoms with van der Waals surface area (Å²) >= 11 is 0. The van der Waals surface area contributed by atoms with Crippen LogP contribution in [0, 0.1) is 0 Å². The van der Waals surface area contributed by atoms with Gasteiger partial charge in [-0.15, -0.1) is 0 Å². The Hall–Kier alpha value is -3.13. The van der Waals surface area contributed by atoms with E-state index in [9.17, 15) is 4.79 Å². The number of hydrogen-bond acceptors (Lipinski definition) is 6. The third-order valence-electron chi connectivity index (χ3n) is 3.92. The van der Waals surface area contributed by atoms with Crippen molar-refractivity contribution in [2.75, 3.05) is 34.5 Å². The third-order valence-corrected chi connectivity index (χ3v) is 3.92. The van der Waals surface area contributed by atoms with Gasteiger partial charge in [0.1, 0.15) is 5.56 Å². The molecule has 3 aromatic rings. The number of methoxy groups -OCH3 is 3. The van der Waals surface area contributed by atoms with Crippen molar-refractivity contribution in [1.29, 1.82) is 0 Å². The number of benzene rings is 1. The number of nitrogens with zero attached hydrogens (tertiary/aromatic N) is 3. The highest BCUT2D eigenvalue weighted by molar-refractivity contribution is 5.99. The first-order chi connectivity index (χ1) is 12.7. The van der Waals surface area contributed by atoms with Crippen molar-refractivity contribution in [3.63, 3.8) is 0 Å². The van der Waals surface area contributed by atoms with E-state index in [1.165, 1.54) is 6.20 Å². The van der Waals surface area contributed by atoms with Gasteiger partial charge in [-0.2, -0.15) is 5.10 Å². The zero-order valence-electron chi connectivity index (χ0n) is 14.9. The Labute approximate surface area is 150 Å². The maximum Gasteiger partial charge on any atom is 0.256 e. The molecule has 0 unspecified atom stereocenters. The Morgan fingerprint density at radius 1 is 1.15 bits per heavy atom. The minimum atomic E-state index is -0.242. The molecule has 2 aromatic heterocycles. The molecule has 3 rings (SSSR count). The zero-order valence-corrected chi connectivity index (χ0v) is 14.9. The lowest BCUT2D eigenvalue weighted by atomic mass is 10.1. The van der Waals surface area contributed by atoms with E-state index in [1.54, 1.807) is 32.0 Å². The van der Waals surface area contributed by atoms with E-state index in [0.717, 1.165) is 11.3 Å². The molecule has 0 aliphatic carbocycles. The fraction of sp³-hybridized carbons (Fsp3) is 0.278. The molecule has 0 saturated carbocycles. The number of carbonyl (C=O) groups is 1. The van der Waals surface area contributed by atoms with Gasteiger partial charge in [0.25, 0.3) is 5.91 Å². The normalized spacial score (nSPS) is 10.7. The topological polar surface area (TPSA) is 87.0 Å². The predicted molar refractivity (Wildman–Crippen MR) is 95.7 cm³/mol. The Bertz CT molecular complexity index is 923. The van der Waals surface area contributed by atoms with Gasteiger partial charge in [0.15, 0.2) is 17.1 Å². The van der Waals surface area contributed by atoms with Crippen LogP contribution in [0.3, 0.4) is 0 Å². The first kappa shape index (κ1) is 17.7. The van der Waals surface area contributed by atoms with Crippen LogP contribution >= 0.6 is 0 Å². The van der Waals surface area contributed by atoms with Crippen LogP contribution in [0.25, 0.3) is 16.9 Å². The Morgan fingerprint density at radius 2 is 1.96 bits per heavy atom. The maximum absolute atomic E-state index is 12.3. The number of fused-ring (bicyclic) bond motifs is 1. The number of ether oxygens (including phenoxy) is 3. The highest BCUT2D eigenvalue weighted by Crippen LogP contribution is 2.32. The fourth-order valence-electron chi connectivity index (χ4n) is 2.63. The van der Waals surface area contributed by atoms with Gasteiger partial charge in [-0.1, -0.05) is 0 Å². The Kier molecular flexibility index (Phi) is 5.33. The van der Waals surface area contributed by atoms with E-state index >= 15 is 0 Å². The van der Waals surface area contributed by atoms with Gasteiger partial charge in [0, 0.05) is 25.4 Å². The van der Waals surface area contributed by atoms with Crippen LogP contribution < -0.4 is 14.8 Å². The SMILES string of the molecule is COCCNC(=O)c1cnn2c(-c3ccc(OC)c(OC)c3)ccnc12. The monoisotopic (exact) mass is 356 g/mol. The molecule has 0 radical (unpaired) electrons. The molecular formula is C18H20N4O4. The van der Waals surface area contributed by atoms with Crippen LogP contribution in [0.5, 0.6) is 11.5 Å². The molecule has 0 atom stereocenters. The molecule has 8 nitrogen and oxygen atoms in total. The largest absolute Gasteiger partial charge is 0.493 e. The van der Waals surface area contributed by atoms with E-state index < -0.39 is 0 Å². The molecule has 0 aliphatic rings. The van der Waals surface area contributed by atoms with Crippen molar-refractivity contribution in [2.45, 2.75) is 0 Å². The van der Waals surface area contributed by atoms with E-state index in [2.05, 4.69) is 15.4 Å². The standard InChI is InChI=1S/C18H20N4O4/c1-24-9-8-20-18(23)13-11-21-22-14(6-7-19-17(13)22)12-4-5-15(25-2)16(10-12)26-3/h4-7,10-11H,8-9H2,1-3H3,(H,20,23). The first-order valence-electron chi connectivity index (χ1n) is 8.02. The van der Waals surface area contributed by atoms with Crippen LogP contribution in [0.2, 0.25) is 0 Å². The Balaban J connectivity index is 2.00. The molecule has 1 aromatic carbocycles. The summed E-state index contributed by atoms with van der Waals surface area (Å²) in [6.07, 6.45) is 3.16. The average Bonchev–Trinajstić information content (AvgIpc) is 3.11. The van der Waals surface area contributed by atoms with Gasteiger partial charge in [0.2, 0.25) is 0 Å². The molecule has 0 bridgehead atoms. The minimum Gasteiger partial charge on any atom is -0.493 e. The minimum absolute atomic E-state index is 0.242. The smallest absolute Gasteiger partial charge is 0.256 e. The molecule has 0 saturated heterocycles. The lowest BCUT2D eigenvalue weighted by Crippen LogP contribution is -2.26. The number of amides is 1. The number of nitrogens with one attached hydrogen (secondary N) is 1.